The van der Waals surface area contributed by atoms with E-state index in [1.54, 1.807) is 19.1 Å². The largest absolute Gasteiger partial charge is 0.346 e. The van der Waals surface area contributed by atoms with E-state index in [-0.39, 0.29) is 10.5 Å². The van der Waals surface area contributed by atoms with Gasteiger partial charge in [-0.25, -0.2) is 17.2 Å². The highest BCUT2D eigenvalue weighted by Gasteiger charge is 2.27. The Hall–Kier alpha value is -2.52. The van der Waals surface area contributed by atoms with Crippen LogP contribution in [0.5, 0.6) is 0 Å². The summed E-state index contributed by atoms with van der Waals surface area (Å²) in [4.78, 5) is 11.8. The predicted octanol–water partition coefficient (Wildman–Crippen LogP) is 2.43. The number of carbonyl (C=O) groups is 1. The number of carbonyl (C=O) groups excluding carboxylic acids is 1. The van der Waals surface area contributed by atoms with Crippen LogP contribution in [0.25, 0.3) is 0 Å². The maximum Gasteiger partial charge on any atom is 0.277 e. The molecule has 0 saturated heterocycles. The summed E-state index contributed by atoms with van der Waals surface area (Å²) in [5.41, 5.74) is 7.17. The SMILES string of the molecule is Cc1cccc(NS(=O)(=O)c2ccc(C(=O)NCC(F)(F)CN)cc2)c1C. The summed E-state index contributed by atoms with van der Waals surface area (Å²) < 4.78 is 53.7. The number of nitrogens with two attached hydrogens (primary N) is 1. The van der Waals surface area contributed by atoms with E-state index in [9.17, 15) is 22.0 Å². The van der Waals surface area contributed by atoms with E-state index in [1.165, 1.54) is 24.3 Å². The minimum absolute atomic E-state index is 0.0488. The molecule has 2 rings (SSSR count). The molecule has 4 N–H and O–H groups in total. The molecule has 0 radical (unpaired) electrons. The molecule has 0 fully saturated rings. The Morgan fingerprint density at radius 2 is 1.74 bits per heavy atom. The molecule has 146 valence electrons. The number of benzene rings is 2. The van der Waals surface area contributed by atoms with E-state index < -0.39 is 34.9 Å². The van der Waals surface area contributed by atoms with Gasteiger partial charge in [0, 0.05) is 5.56 Å². The summed E-state index contributed by atoms with van der Waals surface area (Å²) in [7, 11) is -3.85. The van der Waals surface area contributed by atoms with E-state index in [1.807, 2.05) is 13.0 Å². The predicted molar refractivity (Wildman–Crippen MR) is 99.5 cm³/mol. The summed E-state index contributed by atoms with van der Waals surface area (Å²) in [6.07, 6.45) is 0. The first-order valence-electron chi connectivity index (χ1n) is 8.11. The van der Waals surface area contributed by atoms with Gasteiger partial charge in [-0.2, -0.15) is 0 Å². The Morgan fingerprint density at radius 1 is 1.11 bits per heavy atom. The summed E-state index contributed by atoms with van der Waals surface area (Å²) in [5, 5.41) is 2.07. The molecular weight excluding hydrogens is 376 g/mol. The fourth-order valence-electron chi connectivity index (χ4n) is 2.23. The van der Waals surface area contributed by atoms with Crippen LogP contribution in [-0.4, -0.2) is 33.3 Å². The molecule has 6 nitrogen and oxygen atoms in total. The highest BCUT2D eigenvalue weighted by atomic mass is 32.2. The summed E-state index contributed by atoms with van der Waals surface area (Å²) in [6.45, 7) is 1.90. The second-order valence-electron chi connectivity index (χ2n) is 6.12. The van der Waals surface area contributed by atoms with Gasteiger partial charge in [0.05, 0.1) is 23.7 Å². The van der Waals surface area contributed by atoms with Crippen molar-refractivity contribution in [2.24, 2.45) is 5.73 Å². The molecule has 0 aliphatic heterocycles. The van der Waals surface area contributed by atoms with Crippen LogP contribution in [0.4, 0.5) is 14.5 Å². The highest BCUT2D eigenvalue weighted by Crippen LogP contribution is 2.22. The fourth-order valence-corrected chi connectivity index (χ4v) is 3.36. The van der Waals surface area contributed by atoms with Crippen molar-refractivity contribution < 1.29 is 22.0 Å². The van der Waals surface area contributed by atoms with Gasteiger partial charge < -0.3 is 11.1 Å². The van der Waals surface area contributed by atoms with Crippen LogP contribution < -0.4 is 15.8 Å². The Bertz CT molecular complexity index is 929. The van der Waals surface area contributed by atoms with Gasteiger partial charge in [0.25, 0.3) is 21.9 Å². The molecule has 0 spiro atoms. The molecule has 2 aromatic carbocycles. The topological polar surface area (TPSA) is 101 Å². The number of sulfonamides is 1. The molecule has 2 aromatic rings. The molecule has 0 bridgehead atoms. The van der Waals surface area contributed by atoms with Gasteiger partial charge in [-0.05, 0) is 55.3 Å². The van der Waals surface area contributed by atoms with Crippen molar-refractivity contribution in [3.8, 4) is 0 Å². The van der Waals surface area contributed by atoms with Crippen LogP contribution in [0.1, 0.15) is 21.5 Å². The number of anilines is 1. The molecule has 9 heteroatoms. The number of amides is 1. The quantitative estimate of drug-likeness (QED) is 0.668. The molecule has 0 unspecified atom stereocenters. The zero-order valence-corrected chi connectivity index (χ0v) is 15.7. The fraction of sp³-hybridized carbons (Fsp3) is 0.278. The zero-order valence-electron chi connectivity index (χ0n) is 14.9. The molecule has 0 aliphatic rings. The minimum atomic E-state index is -3.85. The monoisotopic (exact) mass is 397 g/mol. The number of aryl methyl sites for hydroxylation is 1. The van der Waals surface area contributed by atoms with E-state index in [0.29, 0.717) is 5.69 Å². The normalized spacial score (nSPS) is 11.9. The van der Waals surface area contributed by atoms with Crippen molar-refractivity contribution in [3.05, 3.63) is 59.2 Å². The second kappa shape index (κ2) is 8.01. The maximum absolute atomic E-state index is 13.1. The molecule has 0 aliphatic carbocycles. The Morgan fingerprint density at radius 3 is 2.33 bits per heavy atom. The minimum Gasteiger partial charge on any atom is -0.346 e. The highest BCUT2D eigenvalue weighted by molar-refractivity contribution is 7.92. The summed E-state index contributed by atoms with van der Waals surface area (Å²) >= 11 is 0. The number of nitrogens with one attached hydrogen (secondary N) is 2. The van der Waals surface area contributed by atoms with Crippen molar-refractivity contribution in [2.45, 2.75) is 24.7 Å². The number of rotatable bonds is 7. The molecule has 0 aromatic heterocycles. The third kappa shape index (κ3) is 5.24. The van der Waals surface area contributed by atoms with E-state index in [4.69, 9.17) is 5.73 Å². The third-order valence-electron chi connectivity index (χ3n) is 4.08. The molecule has 0 heterocycles. The van der Waals surface area contributed by atoms with Gasteiger partial charge in [-0.15, -0.1) is 0 Å². The number of alkyl halides is 2. The van der Waals surface area contributed by atoms with E-state index in [0.717, 1.165) is 11.1 Å². The van der Waals surface area contributed by atoms with Crippen LogP contribution in [-0.2, 0) is 10.0 Å². The lowest BCUT2D eigenvalue weighted by Gasteiger charge is -2.15. The number of halogens is 2. The number of hydrogen-bond donors (Lipinski definition) is 3. The van der Waals surface area contributed by atoms with Crippen molar-refractivity contribution in [1.82, 2.24) is 5.32 Å². The van der Waals surface area contributed by atoms with Crippen LogP contribution in [0.3, 0.4) is 0 Å². The van der Waals surface area contributed by atoms with Gasteiger partial charge >= 0.3 is 0 Å². The summed E-state index contributed by atoms with van der Waals surface area (Å²) in [6, 6.07) is 10.3. The lowest BCUT2D eigenvalue weighted by molar-refractivity contribution is 0.0118. The molecule has 0 saturated carbocycles. The first kappa shape index (κ1) is 20.8. The molecule has 0 atom stereocenters. The molecule has 27 heavy (non-hydrogen) atoms. The van der Waals surface area contributed by atoms with Gasteiger partial charge in [0.15, 0.2) is 0 Å². The van der Waals surface area contributed by atoms with Crippen molar-refractivity contribution in [2.75, 3.05) is 17.8 Å². The van der Waals surface area contributed by atoms with Gasteiger partial charge in [-0.1, -0.05) is 12.1 Å². The van der Waals surface area contributed by atoms with Crippen molar-refractivity contribution in [3.63, 3.8) is 0 Å². The first-order valence-corrected chi connectivity index (χ1v) is 9.59. The van der Waals surface area contributed by atoms with E-state index >= 15 is 0 Å². The van der Waals surface area contributed by atoms with Crippen LogP contribution in [0.15, 0.2) is 47.4 Å². The van der Waals surface area contributed by atoms with Crippen LogP contribution >= 0.6 is 0 Å². The lowest BCUT2D eigenvalue weighted by Crippen LogP contribution is -2.41. The molecular formula is C18H21F2N3O3S. The van der Waals surface area contributed by atoms with Crippen molar-refractivity contribution >= 4 is 21.6 Å². The second-order valence-corrected chi connectivity index (χ2v) is 7.80. The van der Waals surface area contributed by atoms with Gasteiger partial charge in [0.2, 0.25) is 0 Å². The van der Waals surface area contributed by atoms with Gasteiger partial charge in [-0.3, -0.25) is 9.52 Å². The lowest BCUT2D eigenvalue weighted by atomic mass is 10.1. The van der Waals surface area contributed by atoms with E-state index in [2.05, 4.69) is 10.0 Å². The van der Waals surface area contributed by atoms with Crippen molar-refractivity contribution in [1.29, 1.82) is 0 Å². The first-order chi connectivity index (χ1) is 12.6. The Kier molecular flexibility index (Phi) is 6.17. The Labute approximate surface area is 156 Å². The average Bonchev–Trinajstić information content (AvgIpc) is 2.63. The van der Waals surface area contributed by atoms with Gasteiger partial charge in [0.1, 0.15) is 0 Å². The van der Waals surface area contributed by atoms with Crippen LogP contribution in [0, 0.1) is 13.8 Å². The zero-order chi connectivity index (χ0) is 20.2. The Balaban J connectivity index is 2.13. The maximum atomic E-state index is 13.1. The average molecular weight is 397 g/mol. The number of hydrogen-bond acceptors (Lipinski definition) is 4. The smallest absolute Gasteiger partial charge is 0.277 e. The standard InChI is InChI=1S/C18H21F2N3O3S/c1-12-4-3-5-16(13(12)2)23-27(25,26)15-8-6-14(7-9-15)17(24)22-11-18(19,20)10-21/h3-9,23H,10-11,21H2,1-2H3,(H,22,24). The molecule has 1 amide bonds. The van der Waals surface area contributed by atoms with Crippen LogP contribution in [0.2, 0.25) is 0 Å². The summed E-state index contributed by atoms with van der Waals surface area (Å²) in [5.74, 6) is -3.94. The third-order valence-corrected chi connectivity index (χ3v) is 5.46.